The van der Waals surface area contributed by atoms with Crippen LogP contribution in [0.1, 0.15) is 25.3 Å². The Bertz CT molecular complexity index is 558. The molecule has 1 aromatic rings. The Balaban J connectivity index is 0.00000312. The largest absolute Gasteiger partial charge is 0.383 e. The van der Waals surface area contributed by atoms with Crippen LogP contribution in [0.25, 0.3) is 0 Å². The molecule has 0 saturated carbocycles. The number of nitrogens with one attached hydrogen (secondary N) is 1. The van der Waals surface area contributed by atoms with Crippen molar-refractivity contribution in [3.05, 3.63) is 39.9 Å². The molecular weight excluding hydrogens is 435 g/mol. The van der Waals surface area contributed by atoms with Crippen molar-refractivity contribution in [3.8, 4) is 0 Å². The number of nitro benzene ring substituents is 1. The van der Waals surface area contributed by atoms with Crippen molar-refractivity contribution in [1.82, 2.24) is 10.2 Å². The lowest BCUT2D eigenvalue weighted by atomic mass is 10.00. The molecular formula is C17H27IN4O3. The van der Waals surface area contributed by atoms with Gasteiger partial charge in [0.05, 0.1) is 18.1 Å². The van der Waals surface area contributed by atoms with Gasteiger partial charge in [0.25, 0.3) is 5.69 Å². The van der Waals surface area contributed by atoms with E-state index in [2.05, 4.69) is 17.1 Å². The first-order valence-electron chi connectivity index (χ1n) is 8.35. The monoisotopic (exact) mass is 462 g/mol. The Morgan fingerprint density at radius 1 is 1.36 bits per heavy atom. The minimum absolute atomic E-state index is 0. The van der Waals surface area contributed by atoms with Crippen molar-refractivity contribution in [2.45, 2.75) is 26.3 Å². The van der Waals surface area contributed by atoms with E-state index in [1.807, 2.05) is 0 Å². The normalized spacial score (nSPS) is 15.6. The first kappa shape index (κ1) is 21.6. The molecule has 1 aliphatic heterocycles. The minimum Gasteiger partial charge on any atom is -0.383 e. The number of non-ortho nitro benzene ring substituents is 1. The lowest BCUT2D eigenvalue weighted by Crippen LogP contribution is -2.46. The van der Waals surface area contributed by atoms with Gasteiger partial charge in [0, 0.05) is 38.9 Å². The molecule has 2 rings (SSSR count). The van der Waals surface area contributed by atoms with Crippen molar-refractivity contribution in [2.24, 2.45) is 10.9 Å². The number of piperidine rings is 1. The summed E-state index contributed by atoms with van der Waals surface area (Å²) in [6.07, 6.45) is 2.34. The molecule has 7 nitrogen and oxygen atoms in total. The van der Waals surface area contributed by atoms with Crippen LogP contribution in [-0.4, -0.2) is 49.1 Å². The maximum absolute atomic E-state index is 10.7. The number of nitro groups is 1. The molecule has 1 N–H and O–H groups in total. The van der Waals surface area contributed by atoms with Crippen molar-refractivity contribution in [2.75, 3.05) is 33.4 Å². The third-order valence-electron chi connectivity index (χ3n) is 4.23. The second-order valence-corrected chi connectivity index (χ2v) is 6.15. The molecule has 0 amide bonds. The molecule has 140 valence electrons. The highest BCUT2D eigenvalue weighted by molar-refractivity contribution is 14.0. The summed E-state index contributed by atoms with van der Waals surface area (Å²) in [5.74, 6) is 1.65. The fourth-order valence-corrected chi connectivity index (χ4v) is 2.64. The number of hydrogen-bond acceptors (Lipinski definition) is 4. The molecule has 1 aromatic carbocycles. The predicted molar refractivity (Wildman–Crippen MR) is 110 cm³/mol. The molecule has 1 heterocycles. The van der Waals surface area contributed by atoms with Gasteiger partial charge in [-0.25, -0.2) is 4.99 Å². The molecule has 8 heteroatoms. The van der Waals surface area contributed by atoms with Crippen molar-refractivity contribution in [3.63, 3.8) is 0 Å². The zero-order chi connectivity index (χ0) is 17.4. The molecule has 0 radical (unpaired) electrons. The molecule has 0 aromatic heterocycles. The van der Waals surface area contributed by atoms with Crippen molar-refractivity contribution >= 4 is 35.6 Å². The highest BCUT2D eigenvalue weighted by atomic mass is 127. The van der Waals surface area contributed by atoms with Crippen molar-refractivity contribution in [1.29, 1.82) is 0 Å². The highest BCUT2D eigenvalue weighted by Crippen LogP contribution is 2.17. The zero-order valence-corrected chi connectivity index (χ0v) is 17.1. The lowest BCUT2D eigenvalue weighted by Gasteiger charge is -2.33. The van der Waals surface area contributed by atoms with E-state index >= 15 is 0 Å². The van der Waals surface area contributed by atoms with E-state index < -0.39 is 0 Å². The number of halogens is 1. The summed E-state index contributed by atoms with van der Waals surface area (Å²) in [6, 6.07) is 6.55. The first-order valence-corrected chi connectivity index (χ1v) is 8.35. The average molecular weight is 462 g/mol. The van der Waals surface area contributed by atoms with Gasteiger partial charge in [0.1, 0.15) is 0 Å². The van der Waals surface area contributed by atoms with Gasteiger partial charge in [0.2, 0.25) is 0 Å². The number of benzene rings is 1. The number of likely N-dealkylation sites (tertiary alicyclic amines) is 1. The van der Waals surface area contributed by atoms with Gasteiger partial charge in [-0.05, 0) is 24.3 Å². The molecule has 25 heavy (non-hydrogen) atoms. The zero-order valence-electron chi connectivity index (χ0n) is 14.8. The summed E-state index contributed by atoms with van der Waals surface area (Å²) < 4.78 is 5.10. The summed E-state index contributed by atoms with van der Waals surface area (Å²) in [7, 11) is 1.68. The quantitative estimate of drug-likeness (QED) is 0.176. The Morgan fingerprint density at radius 3 is 2.56 bits per heavy atom. The summed E-state index contributed by atoms with van der Waals surface area (Å²) in [5.41, 5.74) is 1.06. The molecule has 0 bridgehead atoms. The average Bonchev–Trinajstić information content (AvgIpc) is 2.59. The summed E-state index contributed by atoms with van der Waals surface area (Å²) in [4.78, 5) is 17.3. The number of nitrogens with zero attached hydrogens (tertiary/aromatic N) is 3. The number of ether oxygens (including phenoxy) is 1. The Kier molecular flexibility index (Phi) is 9.73. The Hall–Kier alpha value is -1.42. The molecule has 0 aliphatic carbocycles. The van der Waals surface area contributed by atoms with Crippen LogP contribution in [0, 0.1) is 16.0 Å². The van der Waals surface area contributed by atoms with Gasteiger partial charge in [-0.2, -0.15) is 0 Å². The fourth-order valence-electron chi connectivity index (χ4n) is 2.64. The van der Waals surface area contributed by atoms with Crippen LogP contribution in [-0.2, 0) is 11.3 Å². The van der Waals surface area contributed by atoms with Gasteiger partial charge in [-0.3, -0.25) is 10.1 Å². The molecule has 0 spiro atoms. The fraction of sp³-hybridized carbons (Fsp3) is 0.588. The second-order valence-electron chi connectivity index (χ2n) is 6.15. The molecule has 0 atom stereocenters. The Labute approximate surface area is 166 Å². The number of hydrogen-bond donors (Lipinski definition) is 1. The van der Waals surface area contributed by atoms with E-state index in [1.165, 1.54) is 25.0 Å². The van der Waals surface area contributed by atoms with Crippen LogP contribution in [0.4, 0.5) is 5.69 Å². The van der Waals surface area contributed by atoms with Crippen LogP contribution in [0.15, 0.2) is 29.3 Å². The number of rotatable bonds is 6. The maximum atomic E-state index is 10.7. The summed E-state index contributed by atoms with van der Waals surface area (Å²) in [6.45, 7) is 6.12. The van der Waals surface area contributed by atoms with E-state index in [0.29, 0.717) is 19.7 Å². The second kappa shape index (κ2) is 11.2. The highest BCUT2D eigenvalue weighted by Gasteiger charge is 2.18. The van der Waals surface area contributed by atoms with Gasteiger partial charge >= 0.3 is 0 Å². The van der Waals surface area contributed by atoms with Gasteiger partial charge in [0.15, 0.2) is 5.96 Å². The number of methoxy groups -OCH3 is 1. The first-order chi connectivity index (χ1) is 11.6. The SMILES string of the molecule is COCCNC(=NCc1ccc([N+](=O)[O-])cc1)N1CCC(C)CC1.I. The molecule has 1 aliphatic rings. The third-order valence-corrected chi connectivity index (χ3v) is 4.23. The van der Waals surface area contributed by atoms with Crippen LogP contribution < -0.4 is 5.32 Å². The molecule has 0 unspecified atom stereocenters. The smallest absolute Gasteiger partial charge is 0.269 e. The van der Waals surface area contributed by atoms with E-state index in [0.717, 1.165) is 30.5 Å². The van der Waals surface area contributed by atoms with Crippen LogP contribution in [0.5, 0.6) is 0 Å². The minimum atomic E-state index is -0.389. The van der Waals surface area contributed by atoms with E-state index in [1.54, 1.807) is 19.2 Å². The maximum Gasteiger partial charge on any atom is 0.269 e. The Morgan fingerprint density at radius 2 is 2.00 bits per heavy atom. The summed E-state index contributed by atoms with van der Waals surface area (Å²) >= 11 is 0. The van der Waals surface area contributed by atoms with E-state index in [9.17, 15) is 10.1 Å². The van der Waals surface area contributed by atoms with Gasteiger partial charge in [-0.15, -0.1) is 24.0 Å². The van der Waals surface area contributed by atoms with E-state index in [4.69, 9.17) is 9.73 Å². The van der Waals surface area contributed by atoms with Gasteiger partial charge in [-0.1, -0.05) is 19.1 Å². The van der Waals surface area contributed by atoms with E-state index in [-0.39, 0.29) is 34.6 Å². The van der Waals surface area contributed by atoms with Crippen LogP contribution in [0.3, 0.4) is 0 Å². The number of guanidine groups is 1. The van der Waals surface area contributed by atoms with Crippen LogP contribution in [0.2, 0.25) is 0 Å². The molecule has 1 saturated heterocycles. The molecule has 1 fully saturated rings. The standard InChI is InChI=1S/C17H26N4O3.HI/c1-14-7-10-20(11-8-14)17(18-9-12-24-2)19-13-15-3-5-16(6-4-15)21(22)23;/h3-6,14H,7-13H2,1-2H3,(H,18,19);1H. The third kappa shape index (κ3) is 7.15. The lowest BCUT2D eigenvalue weighted by molar-refractivity contribution is -0.384. The number of aliphatic imine (C=N–C) groups is 1. The van der Waals surface area contributed by atoms with Crippen molar-refractivity contribution < 1.29 is 9.66 Å². The topological polar surface area (TPSA) is 80.0 Å². The van der Waals surface area contributed by atoms with Gasteiger partial charge < -0.3 is 15.0 Å². The predicted octanol–water partition coefficient (Wildman–Crippen LogP) is 3.04. The van der Waals surface area contributed by atoms with Crippen LogP contribution >= 0.6 is 24.0 Å². The summed E-state index contributed by atoms with van der Waals surface area (Å²) in [5, 5.41) is 14.1.